The molecule has 1 amide bonds. The number of hydrogen-bond acceptors (Lipinski definition) is 4. The minimum Gasteiger partial charge on any atom is -0.489 e. The van der Waals surface area contributed by atoms with E-state index in [4.69, 9.17) is 4.74 Å². The highest BCUT2D eigenvalue weighted by Crippen LogP contribution is 2.23. The number of carbonyl (C=O) groups excluding carboxylic acids is 1. The molecule has 0 saturated heterocycles. The Morgan fingerprint density at radius 3 is 2.58 bits per heavy atom. The van der Waals surface area contributed by atoms with Gasteiger partial charge in [-0.15, -0.1) is 0 Å². The van der Waals surface area contributed by atoms with Crippen molar-refractivity contribution < 1.29 is 9.53 Å². The van der Waals surface area contributed by atoms with E-state index in [1.54, 1.807) is 0 Å². The lowest BCUT2D eigenvalue weighted by Crippen LogP contribution is -2.38. The normalized spacial score (nSPS) is 15.5. The van der Waals surface area contributed by atoms with Gasteiger partial charge in [0, 0.05) is 30.6 Å². The maximum absolute atomic E-state index is 12.3. The number of pyridine rings is 1. The molecule has 33 heavy (non-hydrogen) atoms. The van der Waals surface area contributed by atoms with Crippen molar-refractivity contribution in [3.8, 4) is 5.75 Å². The topological polar surface area (TPSA) is 54.5 Å². The molecule has 2 aromatic carbocycles. The number of fused-ring (bicyclic) bond motifs is 1. The number of benzene rings is 2. The number of hydrogen-bond donors (Lipinski definition) is 1. The van der Waals surface area contributed by atoms with Gasteiger partial charge in [-0.25, -0.2) is 0 Å². The van der Waals surface area contributed by atoms with Crippen molar-refractivity contribution in [2.24, 2.45) is 5.92 Å². The molecule has 4 rings (SSSR count). The quantitative estimate of drug-likeness (QED) is 0.484. The average molecular weight is 446 g/mol. The summed E-state index contributed by atoms with van der Waals surface area (Å²) >= 11 is 0. The lowest BCUT2D eigenvalue weighted by Gasteiger charge is -2.22. The van der Waals surface area contributed by atoms with Crippen molar-refractivity contribution in [3.63, 3.8) is 0 Å². The van der Waals surface area contributed by atoms with E-state index in [0.29, 0.717) is 6.54 Å². The lowest BCUT2D eigenvalue weighted by atomic mass is 9.89. The van der Waals surface area contributed by atoms with Gasteiger partial charge in [0.15, 0.2) is 0 Å². The molecule has 1 aliphatic rings. The van der Waals surface area contributed by atoms with Gasteiger partial charge in [-0.3, -0.25) is 14.7 Å². The number of aromatic nitrogens is 1. The van der Waals surface area contributed by atoms with Gasteiger partial charge in [0.25, 0.3) is 0 Å². The third-order valence-electron chi connectivity index (χ3n) is 6.37. The van der Waals surface area contributed by atoms with Crippen molar-refractivity contribution >= 4 is 16.8 Å². The molecule has 1 fully saturated rings. The zero-order valence-electron chi connectivity index (χ0n) is 19.8. The predicted molar refractivity (Wildman–Crippen MR) is 133 cm³/mol. The summed E-state index contributed by atoms with van der Waals surface area (Å²) in [7, 11) is 2.13. The van der Waals surface area contributed by atoms with E-state index in [-0.39, 0.29) is 17.9 Å². The molecule has 5 nitrogen and oxygen atoms in total. The molecule has 0 spiro atoms. The fourth-order valence-electron chi connectivity index (χ4n) is 4.60. The summed E-state index contributed by atoms with van der Waals surface area (Å²) in [6.45, 7) is 4.28. The summed E-state index contributed by atoms with van der Waals surface area (Å²) in [6.07, 6.45) is 7.42. The molecule has 1 saturated carbocycles. The first kappa shape index (κ1) is 23.2. The van der Waals surface area contributed by atoms with Gasteiger partial charge in [-0.05, 0) is 68.3 Å². The Morgan fingerprint density at radius 1 is 1.06 bits per heavy atom. The van der Waals surface area contributed by atoms with E-state index in [1.165, 1.54) is 35.8 Å². The standard InChI is InChI=1S/C28H35N3O2/c1-21(18-30-28(32)24-7-4-3-5-8-24)33-26-13-10-22(11-14-26)19-31(2)20-23-12-15-27-25(17-23)9-6-16-29-27/h6,9-17,21,24H,3-5,7-8,18-20H2,1-2H3,(H,30,32). The fraction of sp³-hybridized carbons (Fsp3) is 0.429. The van der Waals surface area contributed by atoms with Crippen LogP contribution in [-0.2, 0) is 17.9 Å². The molecule has 0 bridgehead atoms. The Labute approximate surface area is 197 Å². The molecule has 0 radical (unpaired) electrons. The van der Waals surface area contributed by atoms with Crippen molar-refractivity contribution in [2.75, 3.05) is 13.6 Å². The maximum Gasteiger partial charge on any atom is 0.223 e. The summed E-state index contributed by atoms with van der Waals surface area (Å²) in [5.41, 5.74) is 3.55. The van der Waals surface area contributed by atoms with Gasteiger partial charge in [0.1, 0.15) is 11.9 Å². The van der Waals surface area contributed by atoms with Crippen LogP contribution in [0.1, 0.15) is 50.2 Å². The Bertz CT molecular complexity index is 1040. The zero-order chi connectivity index (χ0) is 23.0. The van der Waals surface area contributed by atoms with Gasteiger partial charge in [-0.2, -0.15) is 0 Å². The van der Waals surface area contributed by atoms with Crippen LogP contribution < -0.4 is 10.1 Å². The Balaban J connectivity index is 1.23. The van der Waals surface area contributed by atoms with E-state index in [1.807, 2.05) is 31.3 Å². The van der Waals surface area contributed by atoms with Crippen LogP contribution in [0.3, 0.4) is 0 Å². The van der Waals surface area contributed by atoms with E-state index >= 15 is 0 Å². The minimum absolute atomic E-state index is 0.0616. The first-order chi connectivity index (χ1) is 16.1. The van der Waals surface area contributed by atoms with E-state index in [0.717, 1.165) is 37.2 Å². The van der Waals surface area contributed by atoms with Crippen LogP contribution >= 0.6 is 0 Å². The summed E-state index contributed by atoms with van der Waals surface area (Å²) in [6, 6.07) is 18.8. The van der Waals surface area contributed by atoms with Crippen molar-refractivity contribution in [1.82, 2.24) is 15.2 Å². The second-order valence-corrected chi connectivity index (χ2v) is 9.36. The molecule has 1 N–H and O–H groups in total. The number of carbonyl (C=O) groups is 1. The van der Waals surface area contributed by atoms with Crippen LogP contribution in [0, 0.1) is 5.92 Å². The highest BCUT2D eigenvalue weighted by molar-refractivity contribution is 5.79. The second-order valence-electron chi connectivity index (χ2n) is 9.36. The monoisotopic (exact) mass is 445 g/mol. The molecule has 5 heteroatoms. The van der Waals surface area contributed by atoms with E-state index in [9.17, 15) is 4.79 Å². The first-order valence-electron chi connectivity index (χ1n) is 12.1. The van der Waals surface area contributed by atoms with E-state index < -0.39 is 0 Å². The molecule has 1 aliphatic carbocycles. The summed E-state index contributed by atoms with van der Waals surface area (Å²) in [5, 5.41) is 4.24. The number of amides is 1. The summed E-state index contributed by atoms with van der Waals surface area (Å²) in [5.74, 6) is 1.21. The van der Waals surface area contributed by atoms with Crippen LogP contribution in [0.5, 0.6) is 5.75 Å². The molecule has 0 aliphatic heterocycles. The number of nitrogens with zero attached hydrogens (tertiary/aromatic N) is 2. The number of nitrogens with one attached hydrogen (secondary N) is 1. The van der Waals surface area contributed by atoms with Crippen molar-refractivity contribution in [2.45, 2.75) is 58.2 Å². The van der Waals surface area contributed by atoms with Crippen molar-refractivity contribution in [3.05, 3.63) is 71.9 Å². The molecule has 1 atom stereocenters. The average Bonchev–Trinajstić information content (AvgIpc) is 2.84. The molecular weight excluding hydrogens is 410 g/mol. The zero-order valence-corrected chi connectivity index (χ0v) is 19.8. The molecule has 1 unspecified atom stereocenters. The van der Waals surface area contributed by atoms with Gasteiger partial charge < -0.3 is 10.1 Å². The fourth-order valence-corrected chi connectivity index (χ4v) is 4.60. The van der Waals surface area contributed by atoms with Crippen LogP contribution in [0.4, 0.5) is 0 Å². The first-order valence-corrected chi connectivity index (χ1v) is 12.1. The molecule has 1 heterocycles. The predicted octanol–water partition coefficient (Wildman–Crippen LogP) is 5.33. The Morgan fingerprint density at radius 2 is 1.79 bits per heavy atom. The summed E-state index contributed by atoms with van der Waals surface area (Å²) < 4.78 is 6.01. The largest absolute Gasteiger partial charge is 0.489 e. The summed E-state index contributed by atoms with van der Waals surface area (Å²) in [4.78, 5) is 19.0. The third kappa shape index (κ3) is 6.78. The molecule has 1 aromatic heterocycles. The molecule has 3 aromatic rings. The smallest absolute Gasteiger partial charge is 0.223 e. The SMILES string of the molecule is CC(CNC(=O)C1CCCCC1)Oc1ccc(CN(C)Cc2ccc3ncccc3c2)cc1. The van der Waals surface area contributed by atoms with Gasteiger partial charge in [-0.1, -0.05) is 43.5 Å². The van der Waals surface area contributed by atoms with Crippen LogP contribution in [-0.4, -0.2) is 35.5 Å². The molecular formula is C28H35N3O2. The van der Waals surface area contributed by atoms with Crippen LogP contribution in [0.15, 0.2) is 60.8 Å². The van der Waals surface area contributed by atoms with Crippen LogP contribution in [0.2, 0.25) is 0 Å². The second kappa shape index (κ2) is 11.3. The van der Waals surface area contributed by atoms with E-state index in [2.05, 4.69) is 58.6 Å². The molecule has 174 valence electrons. The number of rotatable bonds is 9. The lowest BCUT2D eigenvalue weighted by molar-refractivity contribution is -0.126. The van der Waals surface area contributed by atoms with Gasteiger partial charge >= 0.3 is 0 Å². The minimum atomic E-state index is -0.0616. The van der Waals surface area contributed by atoms with Gasteiger partial charge in [0.2, 0.25) is 5.91 Å². The number of ether oxygens (including phenoxy) is 1. The Kier molecular flexibility index (Phi) is 7.95. The van der Waals surface area contributed by atoms with Crippen molar-refractivity contribution in [1.29, 1.82) is 0 Å². The third-order valence-corrected chi connectivity index (χ3v) is 6.37. The van der Waals surface area contributed by atoms with Gasteiger partial charge in [0.05, 0.1) is 12.1 Å². The maximum atomic E-state index is 12.3. The highest BCUT2D eigenvalue weighted by Gasteiger charge is 2.21. The highest BCUT2D eigenvalue weighted by atomic mass is 16.5. The Hall–Kier alpha value is -2.92. The van der Waals surface area contributed by atoms with Crippen LogP contribution in [0.25, 0.3) is 10.9 Å².